The molecular weight excluding hydrogens is 1240 g/mol. The minimum Gasteiger partial charge on any atom is -1.00 e. The lowest BCUT2D eigenvalue weighted by Crippen LogP contribution is -3.00. The zero-order valence-corrected chi connectivity index (χ0v) is 64.7. The van der Waals surface area contributed by atoms with Crippen molar-refractivity contribution >= 4 is 11.6 Å². The van der Waals surface area contributed by atoms with Gasteiger partial charge in [0.25, 0.3) is 0 Å². The molecule has 2 aromatic rings. The van der Waals surface area contributed by atoms with E-state index in [2.05, 4.69) is 200 Å². The molecule has 0 amide bonds. The predicted octanol–water partition coefficient (Wildman–Crippen LogP) is 7.94. The summed E-state index contributed by atoms with van der Waals surface area (Å²) < 4.78 is 29.5. The summed E-state index contributed by atoms with van der Waals surface area (Å²) in [5, 5.41) is 11.1. The zero-order chi connectivity index (χ0) is 68.1. The number of aryl methyl sites for hydroxylation is 1. The van der Waals surface area contributed by atoms with E-state index in [9.17, 15) is 18.9 Å². The molecule has 1 spiro atoms. The van der Waals surface area contributed by atoms with Gasteiger partial charge in [-0.25, -0.2) is 13.8 Å². The van der Waals surface area contributed by atoms with E-state index in [0.717, 1.165) is 74.3 Å². The Kier molecular flexibility index (Phi) is 24.9. The fraction of sp³-hybridized carbons (Fsp3) is 0.890. The Morgan fingerprint density at radius 1 is 0.581 bits per heavy atom. The fourth-order valence-electron chi connectivity index (χ4n) is 14.6. The second-order valence-electron chi connectivity index (χ2n) is 37.2. The summed E-state index contributed by atoms with van der Waals surface area (Å²) in [4.78, 5) is 43.7. The van der Waals surface area contributed by atoms with Gasteiger partial charge in [-0.05, 0) is 193 Å². The van der Waals surface area contributed by atoms with Gasteiger partial charge in [0.05, 0.1) is 27.2 Å². The van der Waals surface area contributed by atoms with Crippen molar-refractivity contribution in [2.45, 2.75) is 247 Å². The number of pyridine rings is 1. The van der Waals surface area contributed by atoms with E-state index in [1.54, 1.807) is 23.8 Å². The van der Waals surface area contributed by atoms with Gasteiger partial charge in [0.1, 0.15) is 18.3 Å². The Morgan fingerprint density at radius 2 is 1.03 bits per heavy atom. The van der Waals surface area contributed by atoms with Crippen LogP contribution in [0.2, 0.25) is 0 Å². The number of aromatic nitrogens is 3. The zero-order valence-electron chi connectivity index (χ0n) is 63.1. The number of imidazole rings is 1. The lowest BCUT2D eigenvalue weighted by Gasteiger charge is -2.57. The first-order valence-corrected chi connectivity index (χ1v) is 36.0. The quantitative estimate of drug-likeness (QED) is 0.138. The van der Waals surface area contributed by atoms with Gasteiger partial charge in [-0.3, -0.25) is 44.1 Å². The highest BCUT2D eigenvalue weighted by molar-refractivity contribution is 5.43. The Morgan fingerprint density at radius 3 is 1.44 bits per heavy atom. The van der Waals surface area contributed by atoms with Crippen LogP contribution in [0, 0.1) is 38.6 Å². The number of likely N-dealkylation sites (tertiary alicyclic amines) is 7. The maximum atomic E-state index is 13.7. The van der Waals surface area contributed by atoms with E-state index in [0.29, 0.717) is 76.5 Å². The Bertz CT molecular complexity index is 2670. The SMILES string of the molecule is CC(C)(C)C1CN(C2CC2)C1.CC(C)(C)C1CN(c2ncccc2F)C1.CC(C)(C)N1CC(N2CCN(C3CC3)CC2)C1.CC1(F)CCN(C2CN(C(C)(C)C)C2)C1.CN1CCCC12CN(C(C)(C)C)C2.Cn1cnc([N+](=O)[O-])c1C[N+](C)(C)C1CN(C(C)(C)C)C1.[Br-]. The number of nitro groups is 1. The molecule has 534 valence electrons. The van der Waals surface area contributed by atoms with Gasteiger partial charge in [-0.1, -0.05) is 41.5 Å². The standard InChI is InChI=1S/C14H26N5O2.C14H27N3.C12H23FN2.C12H17FN2.C11H22N2.C10H19N.BrH/c1-14(2,3)17-7-11(8-17)19(5,6)9-12-13(18(20)21)15-10-16(12)4;1-14(2,3)17-10-13(11-17)16-8-6-15(7-9-16)12-4-5-12;1-11(2,3)15-7-10(8-15)14-6-5-12(4,13)9-14;1-12(2,3)9-7-15(8-9)11-10(13)5-4-6-14-11;1-10(2,3)13-8-11(9-13)6-5-7-12(11)4;1-10(2,3)8-6-11(7-8)9-4-5-9;/h10-11H,7-9H2,1-6H3;12-13H,4-11H2,1-3H3;10H,5-9H2,1-4H3;4-6,9H,7-8H2,1-3H3;5-9H2,1-4H3;8-9H,4-7H2,1-3H3;1H/q+1;;;;;;/p-1. The summed E-state index contributed by atoms with van der Waals surface area (Å²) in [6.45, 7) is 65.5. The van der Waals surface area contributed by atoms with E-state index in [1.807, 2.05) is 11.9 Å². The van der Waals surface area contributed by atoms with Gasteiger partial charge in [0.2, 0.25) is 6.33 Å². The average molecular weight is 1370 g/mol. The van der Waals surface area contributed by atoms with Crippen LogP contribution in [0.4, 0.5) is 20.4 Å². The van der Waals surface area contributed by atoms with Crippen molar-refractivity contribution in [3.63, 3.8) is 0 Å². The molecule has 9 aliphatic heterocycles. The van der Waals surface area contributed by atoms with Crippen molar-refractivity contribution in [1.82, 2.24) is 58.6 Å². The van der Waals surface area contributed by atoms with Gasteiger partial charge in [0, 0.05) is 170 Å². The lowest BCUT2D eigenvalue weighted by atomic mass is 9.76. The van der Waals surface area contributed by atoms with E-state index >= 15 is 0 Å². The van der Waals surface area contributed by atoms with Crippen LogP contribution in [-0.2, 0) is 13.6 Å². The molecule has 0 radical (unpaired) electrons. The number of quaternary nitrogens is 1. The van der Waals surface area contributed by atoms with Crippen LogP contribution in [0.15, 0.2) is 24.7 Å². The van der Waals surface area contributed by atoms with Crippen molar-refractivity contribution in [2.75, 3.05) is 150 Å². The molecule has 17 nitrogen and oxygen atoms in total. The Labute approximate surface area is 575 Å². The number of piperazine rings is 1. The molecule has 93 heavy (non-hydrogen) atoms. The minimum atomic E-state index is -0.942. The second kappa shape index (κ2) is 29.8. The third-order valence-corrected chi connectivity index (χ3v) is 23.3. The van der Waals surface area contributed by atoms with Crippen molar-refractivity contribution < 1.29 is 35.2 Å². The monoisotopic (exact) mass is 1370 g/mol. The number of hydrogen-bond acceptors (Lipinski definition) is 14. The molecule has 2 aromatic heterocycles. The summed E-state index contributed by atoms with van der Waals surface area (Å²) in [6.07, 6.45) is 12.5. The second-order valence-corrected chi connectivity index (χ2v) is 37.2. The number of anilines is 1. The smallest absolute Gasteiger partial charge is 0.390 e. The third kappa shape index (κ3) is 20.6. The highest BCUT2D eigenvalue weighted by atomic mass is 79.9. The maximum Gasteiger partial charge on any atom is 0.390 e. The van der Waals surface area contributed by atoms with Crippen molar-refractivity contribution in [3.8, 4) is 0 Å². The molecule has 9 saturated heterocycles. The van der Waals surface area contributed by atoms with Gasteiger partial charge < -0.3 is 41.0 Å². The highest BCUT2D eigenvalue weighted by Gasteiger charge is 2.52. The molecule has 2 saturated carbocycles. The average Bonchev–Trinajstić information content (AvgIpc) is 1.73. The van der Waals surface area contributed by atoms with E-state index < -0.39 is 10.6 Å². The number of nitrogens with zero attached hydrogens (tertiary/aromatic N) is 15. The summed E-state index contributed by atoms with van der Waals surface area (Å²) in [7, 11) is 8.38. The number of hydrogen-bond donors (Lipinski definition) is 0. The third-order valence-electron chi connectivity index (χ3n) is 23.3. The van der Waals surface area contributed by atoms with Crippen molar-refractivity contribution in [2.24, 2.45) is 29.7 Å². The molecule has 13 rings (SSSR count). The van der Waals surface area contributed by atoms with E-state index in [-0.39, 0.29) is 39.7 Å². The lowest BCUT2D eigenvalue weighted by molar-refractivity contribution is -0.933. The van der Waals surface area contributed by atoms with Crippen LogP contribution in [0.25, 0.3) is 0 Å². The molecule has 0 N–H and O–H groups in total. The molecule has 2 aliphatic carbocycles. The minimum absolute atomic E-state index is 0. The van der Waals surface area contributed by atoms with Gasteiger partial charge in [0.15, 0.2) is 17.3 Å². The normalized spacial score (nSPS) is 25.8. The number of rotatable bonds is 9. The van der Waals surface area contributed by atoms with Crippen LogP contribution in [0.1, 0.15) is 182 Å². The largest absolute Gasteiger partial charge is 1.00 e. The first kappa shape index (κ1) is 77.8. The van der Waals surface area contributed by atoms with Crippen LogP contribution in [-0.4, -0.2) is 277 Å². The van der Waals surface area contributed by atoms with Crippen molar-refractivity contribution in [1.29, 1.82) is 0 Å². The summed E-state index contributed by atoms with van der Waals surface area (Å²) in [6, 6.07) is 6.99. The molecule has 11 fully saturated rings. The predicted molar refractivity (Wildman–Crippen MR) is 376 cm³/mol. The molecule has 0 aromatic carbocycles. The fourth-order valence-corrected chi connectivity index (χ4v) is 14.6. The summed E-state index contributed by atoms with van der Waals surface area (Å²) in [5.41, 5.74) is 2.37. The number of alkyl halides is 1. The first-order chi connectivity index (χ1) is 42.3. The maximum absolute atomic E-state index is 13.7. The summed E-state index contributed by atoms with van der Waals surface area (Å²) in [5.74, 6) is 1.86. The van der Waals surface area contributed by atoms with Gasteiger partial charge in [-0.15, -0.1) is 0 Å². The number of halogens is 3. The topological polar surface area (TPSA) is 106 Å². The molecule has 11 heterocycles. The molecule has 11 aliphatic rings. The molecular formula is C73H134BrF2N15O2. The van der Waals surface area contributed by atoms with Gasteiger partial charge in [-0.2, -0.15) is 0 Å². The summed E-state index contributed by atoms with van der Waals surface area (Å²) >= 11 is 0. The Balaban J connectivity index is 0.000000159. The van der Waals surface area contributed by atoms with Crippen molar-refractivity contribution in [3.05, 3.63) is 46.3 Å². The molecule has 1 atom stereocenters. The van der Waals surface area contributed by atoms with Crippen LogP contribution >= 0.6 is 0 Å². The first-order valence-electron chi connectivity index (χ1n) is 36.0. The van der Waals surface area contributed by atoms with Gasteiger partial charge >= 0.3 is 5.82 Å². The van der Waals surface area contributed by atoms with Crippen LogP contribution in [0.5, 0.6) is 0 Å². The Hall–Kier alpha value is -2.50. The molecule has 20 heteroatoms. The van der Waals surface area contributed by atoms with E-state index in [4.69, 9.17) is 0 Å². The number of likely N-dealkylation sites (N-methyl/N-ethyl adjacent to an activating group) is 2. The van der Waals surface area contributed by atoms with E-state index in [1.165, 1.54) is 123 Å². The highest BCUT2D eigenvalue weighted by Crippen LogP contribution is 2.42. The van der Waals surface area contributed by atoms with Crippen LogP contribution in [0.3, 0.4) is 0 Å². The molecule has 1 unspecified atom stereocenters. The molecule has 0 bridgehead atoms. The van der Waals surface area contributed by atoms with Crippen LogP contribution < -0.4 is 21.9 Å².